The first-order valence-electron chi connectivity index (χ1n) is 14.2. The molecule has 0 N–H and O–H groups in total. The number of rotatable bonds is 6. The normalized spacial score (nSPS) is 46.8. The average Bonchev–Trinajstić information content (AvgIpc) is 3.14. The van der Waals surface area contributed by atoms with Crippen molar-refractivity contribution < 1.29 is 19.3 Å². The standard InChI is InChI=1S/C30H48O4/c1-19(2)20(3)8-9-21(4)24-10-11-25-27(24,6)14-13-26-28(7)15-12-23(32-22(5)31)18-29(28)16-17-30(25,26)34-33-29/h13,19-21,23-25H,8-12,14-18H2,1-7H3/t20-,21-,23-,24+,25-,27-,28-,29-,30+/m1/s1. The van der Waals surface area contributed by atoms with Crippen molar-refractivity contribution in [3.8, 4) is 0 Å². The van der Waals surface area contributed by atoms with Crippen LogP contribution in [0.3, 0.4) is 0 Å². The van der Waals surface area contributed by atoms with Crippen molar-refractivity contribution in [2.75, 3.05) is 0 Å². The number of hydrogen-bond donors (Lipinski definition) is 0. The van der Waals surface area contributed by atoms with E-state index in [1.807, 2.05) is 0 Å². The Bertz CT molecular complexity index is 837. The van der Waals surface area contributed by atoms with Gasteiger partial charge in [0.2, 0.25) is 0 Å². The highest BCUT2D eigenvalue weighted by molar-refractivity contribution is 5.66. The van der Waals surface area contributed by atoms with Crippen LogP contribution >= 0.6 is 0 Å². The van der Waals surface area contributed by atoms with Crippen molar-refractivity contribution in [1.29, 1.82) is 0 Å². The van der Waals surface area contributed by atoms with Crippen LogP contribution < -0.4 is 0 Å². The molecule has 0 aromatic carbocycles. The molecule has 0 aromatic heterocycles. The van der Waals surface area contributed by atoms with Crippen LogP contribution in [0, 0.1) is 40.4 Å². The fourth-order valence-corrected chi connectivity index (χ4v) is 9.32. The Morgan fingerprint density at radius 3 is 2.47 bits per heavy atom. The van der Waals surface area contributed by atoms with E-state index in [1.165, 1.54) is 44.6 Å². The lowest BCUT2D eigenvalue weighted by Crippen LogP contribution is -2.71. The SMILES string of the molecule is CC(=O)O[C@@H]1CC[C@]2(C)C3=CC[C@@]4(C)[C@@H](CC[C@H]4[C@H](C)CC[C@@H](C)C(C)C)[C@@]34CC[C@]2(C1)OO4. The quantitative estimate of drug-likeness (QED) is 0.229. The Morgan fingerprint density at radius 1 is 1.06 bits per heavy atom. The lowest BCUT2D eigenvalue weighted by Gasteiger charge is -2.69. The molecule has 2 heterocycles. The number of carbonyl (C=O) groups is 1. The maximum Gasteiger partial charge on any atom is 0.302 e. The molecule has 6 rings (SSSR count). The van der Waals surface area contributed by atoms with E-state index in [2.05, 4.69) is 47.6 Å². The lowest BCUT2D eigenvalue weighted by molar-refractivity contribution is -0.494. The molecule has 2 bridgehead atoms. The van der Waals surface area contributed by atoms with Crippen molar-refractivity contribution in [3.05, 3.63) is 11.6 Å². The zero-order valence-electron chi connectivity index (χ0n) is 22.7. The monoisotopic (exact) mass is 472 g/mol. The maximum atomic E-state index is 11.6. The van der Waals surface area contributed by atoms with E-state index in [-0.39, 0.29) is 34.1 Å². The van der Waals surface area contributed by atoms with Crippen molar-refractivity contribution in [2.24, 2.45) is 40.4 Å². The van der Waals surface area contributed by atoms with Crippen LogP contribution in [0.5, 0.6) is 0 Å². The number of hydrogen-bond acceptors (Lipinski definition) is 4. The van der Waals surface area contributed by atoms with Crippen LogP contribution in [-0.4, -0.2) is 23.3 Å². The molecule has 2 spiro atoms. The molecule has 0 amide bonds. The number of fused-ring (bicyclic) bond motifs is 3. The van der Waals surface area contributed by atoms with Crippen LogP contribution in [0.25, 0.3) is 0 Å². The number of carbonyl (C=O) groups excluding carboxylic acids is 1. The number of esters is 1. The van der Waals surface area contributed by atoms with Gasteiger partial charge >= 0.3 is 5.97 Å². The predicted molar refractivity (Wildman–Crippen MR) is 134 cm³/mol. The van der Waals surface area contributed by atoms with Gasteiger partial charge in [-0.3, -0.25) is 4.79 Å². The fourth-order valence-electron chi connectivity index (χ4n) is 9.32. The Labute approximate surface area is 207 Å². The molecule has 0 unspecified atom stereocenters. The topological polar surface area (TPSA) is 44.8 Å². The molecule has 0 aromatic rings. The van der Waals surface area contributed by atoms with E-state index in [0.717, 1.165) is 55.8 Å². The Morgan fingerprint density at radius 2 is 1.82 bits per heavy atom. The fraction of sp³-hybridized carbons (Fsp3) is 0.900. The van der Waals surface area contributed by atoms with Crippen LogP contribution in [0.2, 0.25) is 0 Å². The molecule has 4 nitrogen and oxygen atoms in total. The van der Waals surface area contributed by atoms with Gasteiger partial charge in [0.15, 0.2) is 0 Å². The second kappa shape index (κ2) is 8.33. The first kappa shape index (κ1) is 24.8. The van der Waals surface area contributed by atoms with E-state index < -0.39 is 0 Å². The minimum absolute atomic E-state index is 0.0160. The number of ether oxygens (including phenoxy) is 1. The molecule has 4 aliphatic carbocycles. The molecule has 2 saturated heterocycles. The zero-order valence-corrected chi connectivity index (χ0v) is 22.7. The molecule has 192 valence electrons. The molecule has 34 heavy (non-hydrogen) atoms. The van der Waals surface area contributed by atoms with E-state index in [1.54, 1.807) is 0 Å². The first-order valence-corrected chi connectivity index (χ1v) is 14.2. The van der Waals surface area contributed by atoms with Gasteiger partial charge in [-0.05, 0) is 79.6 Å². The summed E-state index contributed by atoms with van der Waals surface area (Å²) < 4.78 is 5.65. The van der Waals surface area contributed by atoms with Crippen molar-refractivity contribution >= 4 is 5.97 Å². The molecule has 4 heteroatoms. The van der Waals surface area contributed by atoms with Crippen LogP contribution in [0.15, 0.2) is 11.6 Å². The van der Waals surface area contributed by atoms with Gasteiger partial charge in [0.05, 0.1) is 0 Å². The second-order valence-corrected chi connectivity index (χ2v) is 13.7. The summed E-state index contributed by atoms with van der Waals surface area (Å²) in [6, 6.07) is 0. The van der Waals surface area contributed by atoms with E-state index >= 15 is 0 Å². The third kappa shape index (κ3) is 3.40. The van der Waals surface area contributed by atoms with Crippen molar-refractivity contribution in [2.45, 2.75) is 130 Å². The van der Waals surface area contributed by atoms with Gasteiger partial charge in [-0.25, -0.2) is 9.78 Å². The van der Waals surface area contributed by atoms with Crippen molar-refractivity contribution in [1.82, 2.24) is 0 Å². The Kier molecular flexibility index (Phi) is 6.08. The molecule has 3 saturated carbocycles. The van der Waals surface area contributed by atoms with E-state index in [9.17, 15) is 4.79 Å². The summed E-state index contributed by atoms with van der Waals surface area (Å²) in [5.41, 5.74) is 1.19. The third-order valence-corrected chi connectivity index (χ3v) is 11.8. The minimum atomic E-state index is -0.356. The zero-order chi connectivity index (χ0) is 24.5. The van der Waals surface area contributed by atoms with Crippen LogP contribution in [-0.2, 0) is 19.3 Å². The van der Waals surface area contributed by atoms with Gasteiger partial charge in [0, 0.05) is 24.7 Å². The summed E-state index contributed by atoms with van der Waals surface area (Å²) in [6.07, 6.45) is 13.7. The molecular weight excluding hydrogens is 424 g/mol. The smallest absolute Gasteiger partial charge is 0.302 e. The molecule has 0 radical (unpaired) electrons. The molecule has 9 atom stereocenters. The van der Waals surface area contributed by atoms with Crippen LogP contribution in [0.4, 0.5) is 0 Å². The number of allylic oxidation sites excluding steroid dienone is 1. The van der Waals surface area contributed by atoms with Gasteiger partial charge in [-0.1, -0.05) is 60.5 Å². The first-order chi connectivity index (χ1) is 16.0. The molecule has 6 aliphatic rings. The van der Waals surface area contributed by atoms with Gasteiger partial charge < -0.3 is 4.74 Å². The Hall–Kier alpha value is -0.870. The Balaban J connectivity index is 1.40. The van der Waals surface area contributed by atoms with Crippen molar-refractivity contribution in [3.63, 3.8) is 0 Å². The summed E-state index contributed by atoms with van der Waals surface area (Å²) in [7, 11) is 0. The summed E-state index contributed by atoms with van der Waals surface area (Å²) in [5.74, 6) is 3.43. The van der Waals surface area contributed by atoms with Gasteiger partial charge in [0.1, 0.15) is 17.3 Å². The lowest BCUT2D eigenvalue weighted by atomic mass is 9.44. The van der Waals surface area contributed by atoms with Gasteiger partial charge in [0.25, 0.3) is 0 Å². The van der Waals surface area contributed by atoms with Gasteiger partial charge in [-0.2, -0.15) is 0 Å². The predicted octanol–water partition coefficient (Wildman–Crippen LogP) is 7.41. The minimum Gasteiger partial charge on any atom is -0.462 e. The van der Waals surface area contributed by atoms with E-state index in [0.29, 0.717) is 5.92 Å². The summed E-state index contributed by atoms with van der Waals surface area (Å²) >= 11 is 0. The van der Waals surface area contributed by atoms with E-state index in [4.69, 9.17) is 14.5 Å². The summed E-state index contributed by atoms with van der Waals surface area (Å²) in [6.45, 7) is 16.2. The molecule has 2 aliphatic heterocycles. The summed E-state index contributed by atoms with van der Waals surface area (Å²) in [4.78, 5) is 24.7. The van der Waals surface area contributed by atoms with Gasteiger partial charge in [-0.15, -0.1) is 0 Å². The summed E-state index contributed by atoms with van der Waals surface area (Å²) in [5, 5.41) is 0. The second-order valence-electron chi connectivity index (χ2n) is 13.7. The largest absolute Gasteiger partial charge is 0.462 e. The van der Waals surface area contributed by atoms with Crippen LogP contribution in [0.1, 0.15) is 113 Å². The highest BCUT2D eigenvalue weighted by Crippen LogP contribution is 2.73. The average molecular weight is 473 g/mol. The third-order valence-electron chi connectivity index (χ3n) is 11.8. The molecule has 5 fully saturated rings. The highest BCUT2D eigenvalue weighted by atomic mass is 17.2. The maximum absolute atomic E-state index is 11.6. The molecular formula is C30H48O4. The highest BCUT2D eigenvalue weighted by Gasteiger charge is 2.73.